The molecule has 0 atom stereocenters. The summed E-state index contributed by atoms with van der Waals surface area (Å²) in [5.41, 5.74) is 2.06. The fraction of sp³-hybridized carbons (Fsp3) is 0. The molecular formula is C9H10N2. The average Bonchev–Trinajstić information content (AvgIpc) is 2.06. The third-order valence-electron chi connectivity index (χ3n) is 1.37. The van der Waals surface area contributed by atoms with Crippen LogP contribution < -0.4 is 5.84 Å². The van der Waals surface area contributed by atoms with Gasteiger partial charge in [-0.15, -0.1) is 0 Å². The Kier molecular flexibility index (Phi) is 2.44. The van der Waals surface area contributed by atoms with Crippen LogP contribution in [-0.4, -0.2) is 6.21 Å². The molecule has 0 fully saturated rings. The molecule has 56 valence electrons. The average molecular weight is 146 g/mol. The normalized spacial score (nSPS) is 10.2. The summed E-state index contributed by atoms with van der Waals surface area (Å²) in [5, 5.41) is 3.42. The summed E-state index contributed by atoms with van der Waals surface area (Å²) in [6.45, 7) is 3.66. The van der Waals surface area contributed by atoms with Crippen molar-refractivity contribution >= 4 is 12.3 Å². The molecule has 0 saturated carbocycles. The minimum absolute atomic E-state index is 0.991. The lowest BCUT2D eigenvalue weighted by atomic mass is 10.1. The van der Waals surface area contributed by atoms with E-state index in [2.05, 4.69) is 11.7 Å². The smallest absolute Gasteiger partial charge is 0.0538 e. The second kappa shape index (κ2) is 3.56. The number of hydrazone groups is 1. The van der Waals surface area contributed by atoms with E-state index < -0.39 is 0 Å². The number of hydrogen-bond acceptors (Lipinski definition) is 2. The molecule has 1 aromatic carbocycles. The molecule has 0 aliphatic heterocycles. The summed E-state index contributed by atoms with van der Waals surface area (Å²) in [4.78, 5) is 0. The Hall–Kier alpha value is -1.57. The molecule has 0 amide bonds. The van der Waals surface area contributed by atoms with Gasteiger partial charge >= 0.3 is 0 Å². The van der Waals surface area contributed by atoms with Crippen molar-refractivity contribution in [3.8, 4) is 0 Å². The van der Waals surface area contributed by atoms with Crippen LogP contribution in [0.15, 0.2) is 35.9 Å². The SMILES string of the molecule is C=Cc1cccc(/C=N/N)c1. The molecule has 1 rings (SSSR count). The number of hydrogen-bond donors (Lipinski definition) is 1. The van der Waals surface area contributed by atoms with Gasteiger partial charge in [-0.05, 0) is 17.2 Å². The molecule has 0 aromatic heterocycles. The number of nitrogens with two attached hydrogens (primary N) is 1. The molecular weight excluding hydrogens is 136 g/mol. The molecule has 0 radical (unpaired) electrons. The lowest BCUT2D eigenvalue weighted by Gasteiger charge is -1.93. The van der Waals surface area contributed by atoms with Crippen molar-refractivity contribution in [2.45, 2.75) is 0 Å². The number of benzene rings is 1. The van der Waals surface area contributed by atoms with E-state index in [-0.39, 0.29) is 0 Å². The minimum atomic E-state index is 0.991. The molecule has 0 bridgehead atoms. The first-order valence-corrected chi connectivity index (χ1v) is 3.32. The Bertz CT molecular complexity index is 277. The third kappa shape index (κ3) is 1.93. The van der Waals surface area contributed by atoms with Crippen LogP contribution in [0.5, 0.6) is 0 Å². The maximum Gasteiger partial charge on any atom is 0.0538 e. The molecule has 2 heteroatoms. The van der Waals surface area contributed by atoms with Gasteiger partial charge in [0.05, 0.1) is 6.21 Å². The van der Waals surface area contributed by atoms with Crippen LogP contribution >= 0.6 is 0 Å². The highest BCUT2D eigenvalue weighted by Crippen LogP contribution is 2.03. The van der Waals surface area contributed by atoms with Gasteiger partial charge in [0.15, 0.2) is 0 Å². The van der Waals surface area contributed by atoms with Crippen molar-refractivity contribution < 1.29 is 0 Å². The highest BCUT2D eigenvalue weighted by molar-refractivity contribution is 5.80. The van der Waals surface area contributed by atoms with Gasteiger partial charge in [-0.1, -0.05) is 30.9 Å². The molecule has 0 unspecified atom stereocenters. The van der Waals surface area contributed by atoms with Crippen molar-refractivity contribution in [2.75, 3.05) is 0 Å². The van der Waals surface area contributed by atoms with Crippen LogP contribution in [0.2, 0.25) is 0 Å². The molecule has 0 heterocycles. The number of nitrogens with zero attached hydrogens (tertiary/aromatic N) is 1. The van der Waals surface area contributed by atoms with Gasteiger partial charge in [0, 0.05) is 0 Å². The van der Waals surface area contributed by atoms with Gasteiger partial charge in [-0.25, -0.2) is 0 Å². The highest BCUT2D eigenvalue weighted by Gasteiger charge is 1.87. The quantitative estimate of drug-likeness (QED) is 0.384. The second-order valence-corrected chi connectivity index (χ2v) is 2.15. The summed E-state index contributed by atoms with van der Waals surface area (Å²) in [7, 11) is 0. The Labute approximate surface area is 66.0 Å². The van der Waals surface area contributed by atoms with Crippen molar-refractivity contribution in [1.29, 1.82) is 0 Å². The molecule has 2 nitrogen and oxygen atoms in total. The monoisotopic (exact) mass is 146 g/mol. The lowest BCUT2D eigenvalue weighted by Crippen LogP contribution is -1.86. The largest absolute Gasteiger partial charge is 0.323 e. The molecule has 0 saturated heterocycles. The summed E-state index contributed by atoms with van der Waals surface area (Å²) in [5.74, 6) is 5.00. The Morgan fingerprint density at radius 1 is 1.36 bits per heavy atom. The molecule has 0 aliphatic carbocycles. The molecule has 0 spiro atoms. The van der Waals surface area contributed by atoms with Gasteiger partial charge in [-0.3, -0.25) is 0 Å². The van der Waals surface area contributed by atoms with Gasteiger partial charge in [0.2, 0.25) is 0 Å². The topological polar surface area (TPSA) is 38.4 Å². The maximum absolute atomic E-state index is 5.00. The fourth-order valence-electron chi connectivity index (χ4n) is 0.852. The fourth-order valence-corrected chi connectivity index (χ4v) is 0.852. The van der Waals surface area contributed by atoms with Crippen LogP contribution in [-0.2, 0) is 0 Å². The van der Waals surface area contributed by atoms with E-state index in [9.17, 15) is 0 Å². The maximum atomic E-state index is 5.00. The van der Waals surface area contributed by atoms with Crippen LogP contribution in [0, 0.1) is 0 Å². The lowest BCUT2D eigenvalue weighted by molar-refractivity contribution is 1.26. The zero-order valence-electron chi connectivity index (χ0n) is 6.20. The van der Waals surface area contributed by atoms with Gasteiger partial charge in [-0.2, -0.15) is 5.10 Å². The van der Waals surface area contributed by atoms with Gasteiger partial charge < -0.3 is 5.84 Å². The predicted octanol–water partition coefficient (Wildman–Crippen LogP) is 1.62. The summed E-state index contributed by atoms with van der Waals surface area (Å²) in [6, 6.07) is 7.81. The number of rotatable bonds is 2. The summed E-state index contributed by atoms with van der Waals surface area (Å²) < 4.78 is 0. The summed E-state index contributed by atoms with van der Waals surface area (Å²) >= 11 is 0. The highest BCUT2D eigenvalue weighted by atomic mass is 15.1. The van der Waals surface area contributed by atoms with E-state index in [0.717, 1.165) is 11.1 Å². The zero-order chi connectivity index (χ0) is 8.10. The first-order chi connectivity index (χ1) is 5.36. The Morgan fingerprint density at radius 3 is 2.73 bits per heavy atom. The zero-order valence-corrected chi connectivity index (χ0v) is 6.20. The van der Waals surface area contributed by atoms with E-state index in [4.69, 9.17) is 5.84 Å². The van der Waals surface area contributed by atoms with Crippen molar-refractivity contribution in [3.63, 3.8) is 0 Å². The van der Waals surface area contributed by atoms with E-state index in [1.807, 2.05) is 24.3 Å². The van der Waals surface area contributed by atoms with E-state index in [1.54, 1.807) is 12.3 Å². The predicted molar refractivity (Wildman–Crippen MR) is 48.3 cm³/mol. The van der Waals surface area contributed by atoms with E-state index >= 15 is 0 Å². The Balaban J connectivity index is 3.00. The van der Waals surface area contributed by atoms with Gasteiger partial charge in [0.25, 0.3) is 0 Å². The molecule has 1 aromatic rings. The van der Waals surface area contributed by atoms with E-state index in [1.165, 1.54) is 0 Å². The van der Waals surface area contributed by atoms with Crippen LogP contribution in [0.25, 0.3) is 6.08 Å². The summed E-state index contributed by atoms with van der Waals surface area (Å²) in [6.07, 6.45) is 3.39. The second-order valence-electron chi connectivity index (χ2n) is 2.15. The third-order valence-corrected chi connectivity index (χ3v) is 1.37. The van der Waals surface area contributed by atoms with Crippen molar-refractivity contribution in [1.82, 2.24) is 0 Å². The molecule has 11 heavy (non-hydrogen) atoms. The first kappa shape index (κ1) is 7.54. The minimum Gasteiger partial charge on any atom is -0.323 e. The van der Waals surface area contributed by atoms with Gasteiger partial charge in [0.1, 0.15) is 0 Å². The van der Waals surface area contributed by atoms with Crippen LogP contribution in [0.1, 0.15) is 11.1 Å². The molecule has 0 aliphatic rings. The van der Waals surface area contributed by atoms with Crippen LogP contribution in [0.3, 0.4) is 0 Å². The molecule has 2 N–H and O–H groups in total. The Morgan fingerprint density at radius 2 is 2.09 bits per heavy atom. The van der Waals surface area contributed by atoms with Crippen LogP contribution in [0.4, 0.5) is 0 Å². The standard InChI is InChI=1S/C9H10N2/c1-2-8-4-3-5-9(6-8)7-11-10/h2-7H,1,10H2/b11-7+. The van der Waals surface area contributed by atoms with Crippen molar-refractivity contribution in [3.05, 3.63) is 42.0 Å². The first-order valence-electron chi connectivity index (χ1n) is 3.32. The van der Waals surface area contributed by atoms with Crippen molar-refractivity contribution in [2.24, 2.45) is 10.9 Å². The van der Waals surface area contributed by atoms with E-state index in [0.29, 0.717) is 0 Å².